The number of rotatable bonds is 3. The molecule has 0 spiro atoms. The average Bonchev–Trinajstić information content (AvgIpc) is 2.36. The molecule has 0 aliphatic rings. The molecule has 0 amide bonds. The van der Waals surface area contributed by atoms with E-state index in [1.165, 1.54) is 5.56 Å². The lowest BCUT2D eigenvalue weighted by atomic mass is 10.1. The maximum absolute atomic E-state index is 5.86. The minimum atomic E-state index is 0.153. The minimum Gasteiger partial charge on any atom is -0.383 e. The SMILES string of the molecule is Cc1nc(N)c(C)c(NC(C)c2ccc(Br)cc2)n1. The number of nitrogens with two attached hydrogens (primary N) is 1. The fraction of sp³-hybridized carbons (Fsp3) is 0.286. The van der Waals surface area contributed by atoms with Crippen LogP contribution in [0.2, 0.25) is 0 Å². The van der Waals surface area contributed by atoms with Gasteiger partial charge in [-0.05, 0) is 38.5 Å². The molecule has 100 valence electrons. The monoisotopic (exact) mass is 320 g/mol. The van der Waals surface area contributed by atoms with Crippen molar-refractivity contribution >= 4 is 27.6 Å². The molecule has 0 radical (unpaired) electrons. The lowest BCUT2D eigenvalue weighted by Crippen LogP contribution is -2.12. The highest BCUT2D eigenvalue weighted by Gasteiger charge is 2.11. The third kappa shape index (κ3) is 3.23. The molecule has 1 aromatic heterocycles. The molecule has 3 N–H and O–H groups in total. The fourth-order valence-electron chi connectivity index (χ4n) is 1.83. The summed E-state index contributed by atoms with van der Waals surface area (Å²) < 4.78 is 1.07. The Morgan fingerprint density at radius 2 is 1.79 bits per heavy atom. The molecule has 0 aliphatic heterocycles. The van der Waals surface area contributed by atoms with Crippen molar-refractivity contribution in [1.82, 2.24) is 9.97 Å². The first kappa shape index (κ1) is 13.8. The Morgan fingerprint density at radius 1 is 1.16 bits per heavy atom. The van der Waals surface area contributed by atoms with E-state index < -0.39 is 0 Å². The summed E-state index contributed by atoms with van der Waals surface area (Å²) in [6.45, 7) is 5.85. The maximum Gasteiger partial charge on any atom is 0.135 e. The zero-order valence-electron chi connectivity index (χ0n) is 11.2. The van der Waals surface area contributed by atoms with Crippen LogP contribution in [0.4, 0.5) is 11.6 Å². The quantitative estimate of drug-likeness (QED) is 0.906. The second-order valence-corrected chi connectivity index (χ2v) is 5.46. The van der Waals surface area contributed by atoms with Crippen LogP contribution in [0.5, 0.6) is 0 Å². The van der Waals surface area contributed by atoms with Crippen LogP contribution >= 0.6 is 15.9 Å². The lowest BCUT2D eigenvalue weighted by Gasteiger charge is -2.17. The molecule has 1 aromatic carbocycles. The first-order valence-electron chi connectivity index (χ1n) is 6.10. The Kier molecular flexibility index (Phi) is 4.04. The summed E-state index contributed by atoms with van der Waals surface area (Å²) in [5.74, 6) is 1.99. The molecule has 2 rings (SSSR count). The number of nitrogens with zero attached hydrogens (tertiary/aromatic N) is 2. The van der Waals surface area contributed by atoms with Crippen LogP contribution in [0.3, 0.4) is 0 Å². The highest BCUT2D eigenvalue weighted by Crippen LogP contribution is 2.23. The van der Waals surface area contributed by atoms with E-state index in [1.807, 2.05) is 26.0 Å². The smallest absolute Gasteiger partial charge is 0.135 e. The molecule has 5 heteroatoms. The van der Waals surface area contributed by atoms with Gasteiger partial charge in [0.15, 0.2) is 0 Å². The standard InChI is InChI=1S/C14H17BrN4/c1-8-13(16)18-10(3)19-14(8)17-9(2)11-4-6-12(15)7-5-11/h4-7,9H,1-3H3,(H3,16,17,18,19). The van der Waals surface area contributed by atoms with Crippen molar-refractivity contribution in [2.24, 2.45) is 0 Å². The van der Waals surface area contributed by atoms with Gasteiger partial charge in [-0.1, -0.05) is 28.1 Å². The van der Waals surface area contributed by atoms with Gasteiger partial charge in [0.05, 0.1) is 0 Å². The van der Waals surface area contributed by atoms with Crippen LogP contribution in [0.1, 0.15) is 29.9 Å². The molecule has 4 nitrogen and oxygen atoms in total. The van der Waals surface area contributed by atoms with Gasteiger partial charge in [0, 0.05) is 16.1 Å². The third-order valence-corrected chi connectivity index (χ3v) is 3.55. The van der Waals surface area contributed by atoms with E-state index in [2.05, 4.69) is 50.3 Å². The second-order valence-electron chi connectivity index (χ2n) is 4.55. The molecule has 0 bridgehead atoms. The Hall–Kier alpha value is -1.62. The van der Waals surface area contributed by atoms with E-state index >= 15 is 0 Å². The largest absolute Gasteiger partial charge is 0.383 e. The predicted octanol–water partition coefficient (Wildman–Crippen LogP) is 3.61. The fourth-order valence-corrected chi connectivity index (χ4v) is 2.09. The van der Waals surface area contributed by atoms with Crippen molar-refractivity contribution in [2.75, 3.05) is 11.1 Å². The zero-order chi connectivity index (χ0) is 14.0. The molecule has 0 saturated carbocycles. The van der Waals surface area contributed by atoms with E-state index in [-0.39, 0.29) is 6.04 Å². The number of hydrogen-bond donors (Lipinski definition) is 2. The summed E-state index contributed by atoms with van der Waals surface area (Å²) in [7, 11) is 0. The van der Waals surface area contributed by atoms with Crippen LogP contribution in [0.15, 0.2) is 28.7 Å². The summed E-state index contributed by atoms with van der Waals surface area (Å²) in [6.07, 6.45) is 0. The number of halogens is 1. The van der Waals surface area contributed by atoms with E-state index in [1.54, 1.807) is 0 Å². The first-order chi connectivity index (χ1) is 8.97. The van der Waals surface area contributed by atoms with Crippen molar-refractivity contribution in [3.63, 3.8) is 0 Å². The molecular formula is C14H17BrN4. The molecule has 0 saturated heterocycles. The van der Waals surface area contributed by atoms with Crippen LogP contribution < -0.4 is 11.1 Å². The third-order valence-electron chi connectivity index (χ3n) is 3.02. The van der Waals surface area contributed by atoms with E-state index in [0.29, 0.717) is 11.6 Å². The number of nitrogen functional groups attached to an aromatic ring is 1. The van der Waals surface area contributed by atoms with Gasteiger partial charge in [0.1, 0.15) is 17.5 Å². The van der Waals surface area contributed by atoms with Crippen LogP contribution in [-0.2, 0) is 0 Å². The Bertz CT molecular complexity index is 581. The summed E-state index contributed by atoms with van der Waals surface area (Å²) in [5.41, 5.74) is 7.93. The second kappa shape index (κ2) is 5.57. The van der Waals surface area contributed by atoms with E-state index in [9.17, 15) is 0 Å². The van der Waals surface area contributed by atoms with Crippen LogP contribution in [-0.4, -0.2) is 9.97 Å². The summed E-state index contributed by atoms with van der Waals surface area (Å²) in [5, 5.41) is 3.38. The summed E-state index contributed by atoms with van der Waals surface area (Å²) in [4.78, 5) is 8.55. The Morgan fingerprint density at radius 3 is 2.42 bits per heavy atom. The summed E-state index contributed by atoms with van der Waals surface area (Å²) >= 11 is 3.43. The van der Waals surface area contributed by atoms with Crippen molar-refractivity contribution in [3.8, 4) is 0 Å². The first-order valence-corrected chi connectivity index (χ1v) is 6.89. The van der Waals surface area contributed by atoms with Crippen molar-refractivity contribution in [2.45, 2.75) is 26.8 Å². The van der Waals surface area contributed by atoms with Crippen molar-refractivity contribution in [1.29, 1.82) is 0 Å². The maximum atomic E-state index is 5.86. The number of hydrogen-bond acceptors (Lipinski definition) is 4. The number of aryl methyl sites for hydroxylation is 1. The predicted molar refractivity (Wildman–Crippen MR) is 82.1 cm³/mol. The van der Waals surface area contributed by atoms with Gasteiger partial charge >= 0.3 is 0 Å². The molecule has 1 heterocycles. The topological polar surface area (TPSA) is 63.8 Å². The van der Waals surface area contributed by atoms with Crippen LogP contribution in [0.25, 0.3) is 0 Å². The zero-order valence-corrected chi connectivity index (χ0v) is 12.8. The van der Waals surface area contributed by atoms with Crippen molar-refractivity contribution < 1.29 is 0 Å². The summed E-state index contributed by atoms with van der Waals surface area (Å²) in [6, 6.07) is 8.36. The number of nitrogens with one attached hydrogen (secondary N) is 1. The normalized spacial score (nSPS) is 12.2. The highest BCUT2D eigenvalue weighted by atomic mass is 79.9. The van der Waals surface area contributed by atoms with Gasteiger partial charge in [0.25, 0.3) is 0 Å². The van der Waals surface area contributed by atoms with Gasteiger partial charge in [-0.3, -0.25) is 0 Å². The van der Waals surface area contributed by atoms with Crippen molar-refractivity contribution in [3.05, 3.63) is 45.7 Å². The van der Waals surface area contributed by atoms with Gasteiger partial charge in [-0.25, -0.2) is 9.97 Å². The Labute approximate surface area is 121 Å². The molecule has 19 heavy (non-hydrogen) atoms. The van der Waals surface area contributed by atoms with E-state index in [4.69, 9.17) is 5.73 Å². The highest BCUT2D eigenvalue weighted by molar-refractivity contribution is 9.10. The van der Waals surface area contributed by atoms with E-state index in [0.717, 1.165) is 15.9 Å². The van der Waals surface area contributed by atoms with Gasteiger partial charge in [-0.2, -0.15) is 0 Å². The molecule has 2 aromatic rings. The lowest BCUT2D eigenvalue weighted by molar-refractivity contribution is 0.863. The van der Waals surface area contributed by atoms with Gasteiger partial charge in [0.2, 0.25) is 0 Å². The molecule has 1 atom stereocenters. The average molecular weight is 321 g/mol. The molecule has 1 unspecified atom stereocenters. The number of anilines is 2. The Balaban J connectivity index is 2.23. The number of aromatic nitrogens is 2. The van der Waals surface area contributed by atoms with Gasteiger partial charge < -0.3 is 11.1 Å². The molecule has 0 fully saturated rings. The molecule has 0 aliphatic carbocycles. The molecular weight excluding hydrogens is 304 g/mol. The minimum absolute atomic E-state index is 0.153. The number of benzene rings is 1. The van der Waals surface area contributed by atoms with Crippen LogP contribution in [0, 0.1) is 13.8 Å². The van der Waals surface area contributed by atoms with Gasteiger partial charge in [-0.15, -0.1) is 0 Å².